The number of hydrogen-bond donors (Lipinski definition) is 2. The quantitative estimate of drug-likeness (QED) is 0.758. The van der Waals surface area contributed by atoms with Gasteiger partial charge in [-0.15, -0.1) is 5.10 Å². The van der Waals surface area contributed by atoms with Gasteiger partial charge in [0.05, 0.1) is 11.6 Å². The van der Waals surface area contributed by atoms with E-state index in [2.05, 4.69) is 37.8 Å². The molecule has 6 nitrogen and oxygen atoms in total. The number of benzene rings is 1. The van der Waals surface area contributed by atoms with Crippen molar-refractivity contribution in [3.05, 3.63) is 53.2 Å². The molecule has 2 aromatic heterocycles. The second-order valence-corrected chi connectivity index (χ2v) is 5.47. The maximum absolute atomic E-state index is 12.6. The summed E-state index contributed by atoms with van der Waals surface area (Å²) in [5, 5.41) is 13.6. The molecule has 2 heterocycles. The molecule has 0 fully saturated rings. The fourth-order valence-corrected chi connectivity index (χ4v) is 3.08. The van der Waals surface area contributed by atoms with Gasteiger partial charge in [0.15, 0.2) is 0 Å². The van der Waals surface area contributed by atoms with Crippen LogP contribution in [0.4, 0.5) is 0 Å². The Bertz CT molecular complexity index is 841. The van der Waals surface area contributed by atoms with Crippen molar-refractivity contribution in [2.75, 3.05) is 0 Å². The van der Waals surface area contributed by atoms with Crippen LogP contribution in [0, 0.1) is 0 Å². The normalized spacial score (nSPS) is 17.2. The number of aromatic amines is 1. The molecule has 3 aromatic rings. The van der Waals surface area contributed by atoms with Crippen LogP contribution in [0.1, 0.15) is 40.4 Å². The summed E-state index contributed by atoms with van der Waals surface area (Å²) in [5.41, 5.74) is 4.00. The minimum absolute atomic E-state index is 0.0487. The molecule has 1 atom stereocenters. The standard InChI is InChI=1S/C16H15N5O/c22-16(12-8-9-17-15-14(12)19-21-20-15)18-13-7-3-5-10-4-1-2-6-11(10)13/h1-2,4,6,8-9,13H,3,5,7H2,(H,18,22)(H,17,19,20,21)/t13-/m1/s1. The first kappa shape index (κ1) is 12.9. The molecule has 0 saturated carbocycles. The number of aryl methyl sites for hydroxylation is 1. The molecule has 0 spiro atoms. The fourth-order valence-electron chi connectivity index (χ4n) is 3.08. The van der Waals surface area contributed by atoms with E-state index in [0.29, 0.717) is 16.7 Å². The number of nitrogens with zero attached hydrogens (tertiary/aromatic N) is 3. The molecule has 6 heteroatoms. The van der Waals surface area contributed by atoms with Crippen molar-refractivity contribution < 1.29 is 4.79 Å². The van der Waals surface area contributed by atoms with E-state index in [1.807, 2.05) is 12.1 Å². The highest BCUT2D eigenvalue weighted by molar-refractivity contribution is 6.03. The summed E-state index contributed by atoms with van der Waals surface area (Å²) in [4.78, 5) is 16.7. The Labute approximate surface area is 127 Å². The number of H-pyrrole nitrogens is 1. The summed E-state index contributed by atoms with van der Waals surface area (Å²) < 4.78 is 0. The molecule has 0 radical (unpaired) electrons. The Morgan fingerprint density at radius 3 is 3.09 bits per heavy atom. The summed E-state index contributed by atoms with van der Waals surface area (Å²) in [5.74, 6) is -0.136. The van der Waals surface area contributed by atoms with Crippen LogP contribution in [0.5, 0.6) is 0 Å². The first-order valence-corrected chi connectivity index (χ1v) is 7.37. The van der Waals surface area contributed by atoms with Gasteiger partial charge in [0.1, 0.15) is 5.52 Å². The maximum atomic E-state index is 12.6. The molecule has 0 aliphatic heterocycles. The lowest BCUT2D eigenvalue weighted by molar-refractivity contribution is 0.0934. The predicted octanol–water partition coefficient (Wildman–Crippen LogP) is 2.16. The number of carbonyl (C=O) groups excluding carboxylic acids is 1. The zero-order valence-corrected chi connectivity index (χ0v) is 11.9. The lowest BCUT2D eigenvalue weighted by atomic mass is 9.87. The van der Waals surface area contributed by atoms with Gasteiger partial charge in [-0.2, -0.15) is 10.3 Å². The van der Waals surface area contributed by atoms with Crippen LogP contribution in [-0.4, -0.2) is 26.3 Å². The van der Waals surface area contributed by atoms with Crippen LogP contribution in [0.3, 0.4) is 0 Å². The highest BCUT2D eigenvalue weighted by atomic mass is 16.1. The molecule has 2 N–H and O–H groups in total. The van der Waals surface area contributed by atoms with E-state index in [1.54, 1.807) is 12.3 Å². The van der Waals surface area contributed by atoms with E-state index in [4.69, 9.17) is 0 Å². The molecule has 22 heavy (non-hydrogen) atoms. The fraction of sp³-hybridized carbons (Fsp3) is 0.250. The van der Waals surface area contributed by atoms with Crippen molar-refractivity contribution in [3.8, 4) is 0 Å². The summed E-state index contributed by atoms with van der Waals surface area (Å²) >= 11 is 0. The molecule has 0 unspecified atom stereocenters. The Balaban J connectivity index is 1.64. The lowest BCUT2D eigenvalue weighted by Gasteiger charge is -2.26. The Hall–Kier alpha value is -2.76. The molecule has 4 rings (SSSR count). The number of amides is 1. The van der Waals surface area contributed by atoms with Crippen molar-refractivity contribution >= 4 is 17.1 Å². The second kappa shape index (κ2) is 5.22. The Morgan fingerprint density at radius 1 is 1.23 bits per heavy atom. The average Bonchev–Trinajstić information content (AvgIpc) is 3.03. The van der Waals surface area contributed by atoms with E-state index in [-0.39, 0.29) is 11.9 Å². The minimum atomic E-state index is -0.136. The molecular weight excluding hydrogens is 278 g/mol. The van der Waals surface area contributed by atoms with Gasteiger partial charge < -0.3 is 5.32 Å². The molecule has 1 amide bonds. The minimum Gasteiger partial charge on any atom is -0.345 e. The molecule has 1 aromatic carbocycles. The number of pyridine rings is 1. The van der Waals surface area contributed by atoms with E-state index in [1.165, 1.54) is 11.1 Å². The first-order chi connectivity index (χ1) is 10.8. The third-order valence-corrected chi connectivity index (χ3v) is 4.14. The van der Waals surface area contributed by atoms with Gasteiger partial charge in [0.2, 0.25) is 5.65 Å². The van der Waals surface area contributed by atoms with Crippen molar-refractivity contribution in [2.45, 2.75) is 25.3 Å². The Kier molecular flexibility index (Phi) is 3.07. The van der Waals surface area contributed by atoms with Crippen molar-refractivity contribution in [1.82, 2.24) is 25.7 Å². The van der Waals surface area contributed by atoms with Gasteiger partial charge >= 0.3 is 0 Å². The van der Waals surface area contributed by atoms with E-state index < -0.39 is 0 Å². The lowest BCUT2D eigenvalue weighted by Crippen LogP contribution is -2.31. The first-order valence-electron chi connectivity index (χ1n) is 7.37. The van der Waals surface area contributed by atoms with Gasteiger partial charge in [-0.1, -0.05) is 24.3 Å². The highest BCUT2D eigenvalue weighted by Crippen LogP contribution is 2.29. The summed E-state index contributed by atoms with van der Waals surface area (Å²) in [6.07, 6.45) is 4.69. The third-order valence-electron chi connectivity index (χ3n) is 4.14. The third kappa shape index (κ3) is 2.13. The molecule has 0 bridgehead atoms. The summed E-state index contributed by atoms with van der Waals surface area (Å²) in [6, 6.07) is 10.0. The molecule has 1 aliphatic carbocycles. The van der Waals surface area contributed by atoms with Crippen LogP contribution >= 0.6 is 0 Å². The van der Waals surface area contributed by atoms with E-state index in [9.17, 15) is 4.79 Å². The maximum Gasteiger partial charge on any atom is 0.254 e. The average molecular weight is 293 g/mol. The van der Waals surface area contributed by atoms with Crippen LogP contribution in [0.25, 0.3) is 11.2 Å². The monoisotopic (exact) mass is 293 g/mol. The predicted molar refractivity (Wildman–Crippen MR) is 81.3 cm³/mol. The van der Waals surface area contributed by atoms with Gasteiger partial charge in [-0.25, -0.2) is 4.98 Å². The SMILES string of the molecule is O=C(N[C@@H]1CCCc2ccccc21)c1ccnc2n[nH]nc12. The smallest absolute Gasteiger partial charge is 0.254 e. The van der Waals surface area contributed by atoms with Crippen molar-refractivity contribution in [1.29, 1.82) is 0 Å². The number of fused-ring (bicyclic) bond motifs is 2. The van der Waals surface area contributed by atoms with Gasteiger partial charge in [-0.3, -0.25) is 4.79 Å². The van der Waals surface area contributed by atoms with Crippen LogP contribution in [0.2, 0.25) is 0 Å². The highest BCUT2D eigenvalue weighted by Gasteiger charge is 2.23. The van der Waals surface area contributed by atoms with E-state index in [0.717, 1.165) is 19.3 Å². The Morgan fingerprint density at radius 2 is 2.14 bits per heavy atom. The largest absolute Gasteiger partial charge is 0.345 e. The number of rotatable bonds is 2. The summed E-state index contributed by atoms with van der Waals surface area (Å²) in [7, 11) is 0. The van der Waals surface area contributed by atoms with Crippen molar-refractivity contribution in [2.24, 2.45) is 0 Å². The molecular formula is C16H15N5O. The van der Waals surface area contributed by atoms with Gasteiger partial charge in [0.25, 0.3) is 5.91 Å². The number of aromatic nitrogens is 4. The van der Waals surface area contributed by atoms with Crippen LogP contribution in [0.15, 0.2) is 36.5 Å². The number of carbonyl (C=O) groups is 1. The molecule has 1 aliphatic rings. The number of hydrogen-bond acceptors (Lipinski definition) is 4. The molecule has 110 valence electrons. The number of nitrogens with one attached hydrogen (secondary N) is 2. The summed E-state index contributed by atoms with van der Waals surface area (Å²) in [6.45, 7) is 0. The van der Waals surface area contributed by atoms with Crippen LogP contribution < -0.4 is 5.32 Å². The van der Waals surface area contributed by atoms with E-state index >= 15 is 0 Å². The van der Waals surface area contributed by atoms with Crippen molar-refractivity contribution in [3.63, 3.8) is 0 Å². The van der Waals surface area contributed by atoms with Gasteiger partial charge in [0, 0.05) is 6.20 Å². The van der Waals surface area contributed by atoms with Gasteiger partial charge in [-0.05, 0) is 36.5 Å². The molecule has 0 saturated heterocycles. The second-order valence-electron chi connectivity index (χ2n) is 5.47. The topological polar surface area (TPSA) is 83.6 Å². The zero-order chi connectivity index (χ0) is 14.9. The van der Waals surface area contributed by atoms with Crippen LogP contribution in [-0.2, 0) is 6.42 Å². The zero-order valence-electron chi connectivity index (χ0n) is 11.9.